The van der Waals surface area contributed by atoms with Gasteiger partial charge in [0.25, 0.3) is 0 Å². The van der Waals surface area contributed by atoms with Gasteiger partial charge in [0.15, 0.2) is 5.13 Å². The number of thiazole rings is 1. The van der Waals surface area contributed by atoms with Crippen LogP contribution in [0, 0.1) is 12.3 Å². The zero-order chi connectivity index (χ0) is 14.9. The minimum atomic E-state index is -0.553. The fourth-order valence-electron chi connectivity index (χ4n) is 2.31. The third kappa shape index (κ3) is 3.14. The first kappa shape index (κ1) is 14.2. The minimum absolute atomic E-state index is 0.0830. The molecule has 2 N–H and O–H groups in total. The van der Waals surface area contributed by atoms with Crippen LogP contribution in [0.15, 0.2) is 30.5 Å². The lowest BCUT2D eigenvalue weighted by Gasteiger charge is -2.09. The molecule has 0 radical (unpaired) electrons. The fourth-order valence-corrected chi connectivity index (χ4v) is 3.15. The quantitative estimate of drug-likeness (QED) is 0.892. The molecule has 1 aromatic heterocycles. The molecule has 2 aromatic rings. The van der Waals surface area contributed by atoms with Crippen molar-refractivity contribution in [2.45, 2.75) is 26.2 Å². The Morgan fingerprint density at radius 2 is 2.29 bits per heavy atom. The summed E-state index contributed by atoms with van der Waals surface area (Å²) < 4.78 is 0. The first-order valence-electron chi connectivity index (χ1n) is 7.04. The molecule has 0 spiro atoms. The summed E-state index contributed by atoms with van der Waals surface area (Å²) in [5.74, 6) is -0.110. The molecule has 1 heterocycles. The number of aromatic nitrogens is 1. The number of aliphatic hydroxyl groups is 1. The fraction of sp³-hybridized carbons (Fsp3) is 0.375. The zero-order valence-electron chi connectivity index (χ0n) is 11.9. The second-order valence-corrected chi connectivity index (χ2v) is 6.81. The molecule has 0 bridgehead atoms. The zero-order valence-corrected chi connectivity index (χ0v) is 12.7. The van der Waals surface area contributed by atoms with Crippen LogP contribution in [0.1, 0.15) is 28.8 Å². The maximum absolute atomic E-state index is 12.0. The van der Waals surface area contributed by atoms with Gasteiger partial charge in [-0.05, 0) is 25.3 Å². The van der Waals surface area contributed by atoms with E-state index in [1.54, 1.807) is 6.20 Å². The van der Waals surface area contributed by atoms with Gasteiger partial charge in [-0.15, -0.1) is 11.3 Å². The van der Waals surface area contributed by atoms with E-state index in [4.69, 9.17) is 0 Å². The molecule has 1 fully saturated rings. The van der Waals surface area contributed by atoms with Crippen molar-refractivity contribution in [1.82, 2.24) is 4.98 Å². The lowest BCUT2D eigenvalue weighted by atomic mass is 10.1. The summed E-state index contributed by atoms with van der Waals surface area (Å²) in [5.41, 5.74) is 1.93. The summed E-state index contributed by atoms with van der Waals surface area (Å²) in [6.45, 7) is 1.99. The van der Waals surface area contributed by atoms with Crippen molar-refractivity contribution in [3.63, 3.8) is 0 Å². The van der Waals surface area contributed by atoms with Crippen molar-refractivity contribution in [3.8, 4) is 0 Å². The normalized spacial score (nSPS) is 15.7. The van der Waals surface area contributed by atoms with Crippen molar-refractivity contribution in [1.29, 1.82) is 0 Å². The lowest BCUT2D eigenvalue weighted by Crippen LogP contribution is -2.27. The predicted octanol–water partition coefficient (Wildman–Crippen LogP) is 2.75. The largest absolute Gasteiger partial charge is 0.395 e. The number of anilines is 1. The second-order valence-electron chi connectivity index (χ2n) is 5.69. The van der Waals surface area contributed by atoms with Crippen LogP contribution in [-0.4, -0.2) is 22.6 Å². The molecule has 110 valence electrons. The number of carbonyl (C=O) groups excluding carboxylic acids is 1. The van der Waals surface area contributed by atoms with Crippen LogP contribution in [0.3, 0.4) is 0 Å². The molecular formula is C16H18N2O2S. The van der Waals surface area contributed by atoms with Gasteiger partial charge in [-0.1, -0.05) is 29.8 Å². The van der Waals surface area contributed by atoms with Gasteiger partial charge in [0, 0.05) is 17.5 Å². The second kappa shape index (κ2) is 5.58. The summed E-state index contributed by atoms with van der Waals surface area (Å²) in [4.78, 5) is 17.4. The summed E-state index contributed by atoms with van der Waals surface area (Å²) in [6, 6.07) is 8.37. The van der Waals surface area contributed by atoms with Crippen LogP contribution in [0.25, 0.3) is 0 Å². The number of hydrogen-bond donors (Lipinski definition) is 2. The average molecular weight is 302 g/mol. The molecule has 1 aromatic carbocycles. The van der Waals surface area contributed by atoms with Crippen molar-refractivity contribution in [3.05, 3.63) is 46.5 Å². The third-order valence-corrected chi connectivity index (χ3v) is 4.79. The number of nitrogens with one attached hydrogen (secondary N) is 1. The molecular weight excluding hydrogens is 284 g/mol. The Bertz CT molecular complexity index is 662. The van der Waals surface area contributed by atoms with Crippen LogP contribution < -0.4 is 5.32 Å². The summed E-state index contributed by atoms with van der Waals surface area (Å²) in [5, 5.41) is 12.7. The van der Waals surface area contributed by atoms with Gasteiger partial charge in [0.1, 0.15) is 0 Å². The molecule has 1 aliphatic carbocycles. The maximum atomic E-state index is 12.0. The van der Waals surface area contributed by atoms with E-state index >= 15 is 0 Å². The first-order chi connectivity index (χ1) is 10.1. The topological polar surface area (TPSA) is 62.2 Å². The number of nitrogens with zero attached hydrogens (tertiary/aromatic N) is 1. The van der Waals surface area contributed by atoms with Gasteiger partial charge in [-0.3, -0.25) is 4.79 Å². The first-order valence-corrected chi connectivity index (χ1v) is 7.85. The lowest BCUT2D eigenvalue weighted by molar-refractivity contribution is -0.122. The van der Waals surface area contributed by atoms with Crippen LogP contribution in [-0.2, 0) is 11.2 Å². The molecule has 1 saturated carbocycles. The molecule has 4 nitrogen and oxygen atoms in total. The van der Waals surface area contributed by atoms with Gasteiger partial charge in [0.05, 0.1) is 12.0 Å². The number of benzene rings is 1. The van der Waals surface area contributed by atoms with E-state index in [0.29, 0.717) is 5.13 Å². The van der Waals surface area contributed by atoms with E-state index in [1.807, 2.05) is 6.07 Å². The van der Waals surface area contributed by atoms with E-state index in [9.17, 15) is 9.90 Å². The van der Waals surface area contributed by atoms with Gasteiger partial charge < -0.3 is 10.4 Å². The highest BCUT2D eigenvalue weighted by Crippen LogP contribution is 2.46. The van der Waals surface area contributed by atoms with Crippen molar-refractivity contribution in [2.24, 2.45) is 5.41 Å². The predicted molar refractivity (Wildman–Crippen MR) is 83.5 cm³/mol. The van der Waals surface area contributed by atoms with Crippen molar-refractivity contribution < 1.29 is 9.90 Å². The van der Waals surface area contributed by atoms with Gasteiger partial charge >= 0.3 is 0 Å². The molecule has 0 unspecified atom stereocenters. The van der Waals surface area contributed by atoms with Crippen molar-refractivity contribution >= 4 is 22.4 Å². The van der Waals surface area contributed by atoms with E-state index in [0.717, 1.165) is 24.1 Å². The maximum Gasteiger partial charge on any atom is 0.234 e. The summed E-state index contributed by atoms with van der Waals surface area (Å²) in [6.07, 6.45) is 4.15. The standard InChI is InChI=1S/C16H18N2O2S/c1-11-3-2-4-12(7-11)8-13-9-17-15(21-13)18-14(20)16(10-19)5-6-16/h2-4,7,9,19H,5-6,8,10H2,1H3,(H,17,18,20). The number of amides is 1. The van der Waals surface area contributed by atoms with E-state index in [1.165, 1.54) is 22.5 Å². The third-order valence-electron chi connectivity index (χ3n) is 3.87. The highest BCUT2D eigenvalue weighted by atomic mass is 32.1. The van der Waals surface area contributed by atoms with Gasteiger partial charge in [0.2, 0.25) is 5.91 Å². The monoisotopic (exact) mass is 302 g/mol. The molecule has 0 saturated heterocycles. The minimum Gasteiger partial charge on any atom is -0.395 e. The highest BCUT2D eigenvalue weighted by molar-refractivity contribution is 7.15. The number of carbonyl (C=O) groups is 1. The van der Waals surface area contributed by atoms with Crippen LogP contribution >= 0.6 is 11.3 Å². The van der Waals surface area contributed by atoms with E-state index < -0.39 is 5.41 Å². The molecule has 5 heteroatoms. The number of aryl methyl sites for hydroxylation is 1. The SMILES string of the molecule is Cc1cccc(Cc2cnc(NC(=O)C3(CO)CC3)s2)c1. The van der Waals surface area contributed by atoms with E-state index in [2.05, 4.69) is 35.4 Å². The van der Waals surface area contributed by atoms with Gasteiger partial charge in [-0.2, -0.15) is 0 Å². The molecule has 1 amide bonds. The van der Waals surface area contributed by atoms with E-state index in [-0.39, 0.29) is 12.5 Å². The number of rotatable bonds is 5. The summed E-state index contributed by atoms with van der Waals surface area (Å²) in [7, 11) is 0. The Hall–Kier alpha value is -1.72. The average Bonchev–Trinajstić information content (AvgIpc) is 3.16. The Morgan fingerprint density at radius 3 is 2.95 bits per heavy atom. The summed E-state index contributed by atoms with van der Waals surface area (Å²) >= 11 is 1.49. The highest BCUT2D eigenvalue weighted by Gasteiger charge is 2.49. The van der Waals surface area contributed by atoms with Crippen LogP contribution in [0.2, 0.25) is 0 Å². The molecule has 0 aliphatic heterocycles. The molecule has 3 rings (SSSR count). The van der Waals surface area contributed by atoms with Crippen molar-refractivity contribution in [2.75, 3.05) is 11.9 Å². The molecule has 1 aliphatic rings. The Labute approximate surface area is 127 Å². The number of hydrogen-bond acceptors (Lipinski definition) is 4. The number of aliphatic hydroxyl groups excluding tert-OH is 1. The Morgan fingerprint density at radius 1 is 1.48 bits per heavy atom. The molecule has 0 atom stereocenters. The van der Waals surface area contributed by atoms with Crippen LogP contribution in [0.5, 0.6) is 0 Å². The van der Waals surface area contributed by atoms with Crippen LogP contribution in [0.4, 0.5) is 5.13 Å². The Balaban J connectivity index is 1.65. The smallest absolute Gasteiger partial charge is 0.234 e. The molecule has 21 heavy (non-hydrogen) atoms. The van der Waals surface area contributed by atoms with Gasteiger partial charge in [-0.25, -0.2) is 4.98 Å². The Kier molecular flexibility index (Phi) is 3.78.